The van der Waals surface area contributed by atoms with Gasteiger partial charge in [-0.1, -0.05) is 19.8 Å². The molecule has 0 aromatic rings. The van der Waals surface area contributed by atoms with E-state index in [-0.39, 0.29) is 0 Å². The molecule has 2 heteroatoms. The standard InChI is InChI=1S/C12H24N2/c1-10-9-14(8-6-12(10)13)7-2-3-11-4-5-11/h10-12H,2-9,13H2,1H3. The fourth-order valence-corrected chi connectivity index (χ4v) is 2.46. The highest BCUT2D eigenvalue weighted by molar-refractivity contribution is 4.80. The fourth-order valence-electron chi connectivity index (χ4n) is 2.46. The lowest BCUT2D eigenvalue weighted by molar-refractivity contribution is 0.161. The van der Waals surface area contributed by atoms with Crippen LogP contribution in [0, 0.1) is 11.8 Å². The summed E-state index contributed by atoms with van der Waals surface area (Å²) in [5.74, 6) is 1.80. The van der Waals surface area contributed by atoms with Gasteiger partial charge in [0, 0.05) is 12.6 Å². The van der Waals surface area contributed by atoms with E-state index in [0.29, 0.717) is 12.0 Å². The molecule has 1 heterocycles. The first-order valence-corrected chi connectivity index (χ1v) is 6.23. The van der Waals surface area contributed by atoms with Gasteiger partial charge in [0.25, 0.3) is 0 Å². The van der Waals surface area contributed by atoms with Gasteiger partial charge in [-0.2, -0.15) is 0 Å². The van der Waals surface area contributed by atoms with E-state index in [4.69, 9.17) is 5.73 Å². The van der Waals surface area contributed by atoms with Crippen LogP contribution >= 0.6 is 0 Å². The van der Waals surface area contributed by atoms with E-state index in [0.717, 1.165) is 5.92 Å². The van der Waals surface area contributed by atoms with Gasteiger partial charge in [0.1, 0.15) is 0 Å². The van der Waals surface area contributed by atoms with Gasteiger partial charge in [-0.25, -0.2) is 0 Å². The van der Waals surface area contributed by atoms with Gasteiger partial charge in [0.15, 0.2) is 0 Å². The first-order valence-electron chi connectivity index (χ1n) is 6.23. The SMILES string of the molecule is CC1CN(CCCC2CC2)CCC1N. The normalized spacial score (nSPS) is 34.7. The van der Waals surface area contributed by atoms with Gasteiger partial charge in [-0.3, -0.25) is 0 Å². The van der Waals surface area contributed by atoms with Gasteiger partial charge in [0.2, 0.25) is 0 Å². The molecule has 1 aliphatic heterocycles. The smallest absolute Gasteiger partial charge is 0.00889 e. The molecule has 0 spiro atoms. The van der Waals surface area contributed by atoms with Gasteiger partial charge >= 0.3 is 0 Å². The molecule has 1 aliphatic carbocycles. The van der Waals surface area contributed by atoms with Crippen molar-refractivity contribution in [1.82, 2.24) is 4.90 Å². The highest BCUT2D eigenvalue weighted by Gasteiger charge is 2.24. The zero-order valence-corrected chi connectivity index (χ0v) is 9.41. The monoisotopic (exact) mass is 196 g/mol. The predicted octanol–water partition coefficient (Wildman–Crippen LogP) is 1.85. The molecule has 2 rings (SSSR count). The first kappa shape index (κ1) is 10.4. The number of piperidine rings is 1. The summed E-state index contributed by atoms with van der Waals surface area (Å²) in [4.78, 5) is 2.61. The topological polar surface area (TPSA) is 29.3 Å². The molecule has 0 amide bonds. The summed E-state index contributed by atoms with van der Waals surface area (Å²) in [6.07, 6.45) is 7.08. The predicted molar refractivity (Wildman–Crippen MR) is 60.2 cm³/mol. The van der Waals surface area contributed by atoms with Crippen molar-refractivity contribution in [2.75, 3.05) is 19.6 Å². The van der Waals surface area contributed by atoms with E-state index in [2.05, 4.69) is 11.8 Å². The number of hydrogen-bond acceptors (Lipinski definition) is 2. The van der Waals surface area contributed by atoms with Crippen LogP contribution in [0.1, 0.15) is 39.0 Å². The van der Waals surface area contributed by atoms with Crippen LogP contribution in [-0.2, 0) is 0 Å². The van der Waals surface area contributed by atoms with Crippen LogP contribution in [0.4, 0.5) is 0 Å². The Hall–Kier alpha value is -0.0800. The number of rotatable bonds is 4. The van der Waals surface area contributed by atoms with Crippen molar-refractivity contribution >= 4 is 0 Å². The second kappa shape index (κ2) is 4.63. The summed E-state index contributed by atoms with van der Waals surface area (Å²) in [5.41, 5.74) is 6.00. The molecule has 2 unspecified atom stereocenters. The summed E-state index contributed by atoms with van der Waals surface area (Å²) < 4.78 is 0. The van der Waals surface area contributed by atoms with Crippen molar-refractivity contribution in [3.63, 3.8) is 0 Å². The Morgan fingerprint density at radius 2 is 2.07 bits per heavy atom. The van der Waals surface area contributed by atoms with Crippen LogP contribution in [0.25, 0.3) is 0 Å². The van der Waals surface area contributed by atoms with E-state index >= 15 is 0 Å². The Bertz CT molecular complexity index is 177. The van der Waals surface area contributed by atoms with Crippen LogP contribution in [0.2, 0.25) is 0 Å². The molecule has 2 atom stereocenters. The Labute approximate surface area is 87.8 Å². The molecular formula is C12H24N2. The van der Waals surface area contributed by atoms with Crippen LogP contribution in [0.15, 0.2) is 0 Å². The third-order valence-corrected chi connectivity index (χ3v) is 3.84. The van der Waals surface area contributed by atoms with Crippen molar-refractivity contribution in [1.29, 1.82) is 0 Å². The molecule has 0 bridgehead atoms. The first-order chi connectivity index (χ1) is 6.75. The Kier molecular flexibility index (Phi) is 3.45. The summed E-state index contributed by atoms with van der Waals surface area (Å²) in [5, 5.41) is 0. The van der Waals surface area contributed by atoms with Crippen LogP contribution in [0.3, 0.4) is 0 Å². The van der Waals surface area contributed by atoms with E-state index in [9.17, 15) is 0 Å². The minimum absolute atomic E-state index is 0.453. The Morgan fingerprint density at radius 3 is 2.71 bits per heavy atom. The summed E-state index contributed by atoms with van der Waals surface area (Å²) >= 11 is 0. The average molecular weight is 196 g/mol. The zero-order chi connectivity index (χ0) is 9.97. The zero-order valence-electron chi connectivity index (χ0n) is 9.41. The van der Waals surface area contributed by atoms with Gasteiger partial charge in [0.05, 0.1) is 0 Å². The maximum Gasteiger partial charge on any atom is 0.00889 e. The van der Waals surface area contributed by atoms with Crippen molar-refractivity contribution in [2.45, 2.75) is 45.1 Å². The second-order valence-corrected chi connectivity index (χ2v) is 5.32. The molecule has 1 saturated carbocycles. The van der Waals surface area contributed by atoms with Gasteiger partial charge < -0.3 is 10.6 Å². The molecule has 1 saturated heterocycles. The van der Waals surface area contributed by atoms with Crippen molar-refractivity contribution in [2.24, 2.45) is 17.6 Å². The van der Waals surface area contributed by atoms with E-state index in [1.807, 2.05) is 0 Å². The number of hydrogen-bond donors (Lipinski definition) is 1. The fraction of sp³-hybridized carbons (Fsp3) is 1.00. The molecule has 0 aromatic carbocycles. The number of nitrogens with two attached hydrogens (primary N) is 1. The molecule has 82 valence electrons. The quantitative estimate of drug-likeness (QED) is 0.743. The number of nitrogens with zero attached hydrogens (tertiary/aromatic N) is 1. The lowest BCUT2D eigenvalue weighted by Gasteiger charge is -2.35. The van der Waals surface area contributed by atoms with E-state index in [1.54, 1.807) is 0 Å². The third-order valence-electron chi connectivity index (χ3n) is 3.84. The molecule has 2 aliphatic rings. The van der Waals surface area contributed by atoms with Gasteiger partial charge in [-0.15, -0.1) is 0 Å². The highest BCUT2D eigenvalue weighted by atomic mass is 15.1. The van der Waals surface area contributed by atoms with Crippen molar-refractivity contribution < 1.29 is 0 Å². The van der Waals surface area contributed by atoms with Gasteiger partial charge in [-0.05, 0) is 44.2 Å². The summed E-state index contributed by atoms with van der Waals surface area (Å²) in [6.45, 7) is 6.06. The summed E-state index contributed by atoms with van der Waals surface area (Å²) in [7, 11) is 0. The third kappa shape index (κ3) is 2.96. The molecule has 2 N–H and O–H groups in total. The molecule has 2 nitrogen and oxygen atoms in total. The van der Waals surface area contributed by atoms with Crippen molar-refractivity contribution in [3.8, 4) is 0 Å². The Morgan fingerprint density at radius 1 is 1.29 bits per heavy atom. The van der Waals surface area contributed by atoms with E-state index < -0.39 is 0 Å². The maximum absolute atomic E-state index is 6.00. The minimum Gasteiger partial charge on any atom is -0.327 e. The van der Waals surface area contributed by atoms with Crippen molar-refractivity contribution in [3.05, 3.63) is 0 Å². The molecule has 14 heavy (non-hydrogen) atoms. The van der Waals surface area contributed by atoms with Crippen LogP contribution in [-0.4, -0.2) is 30.6 Å². The van der Waals surface area contributed by atoms with Crippen LogP contribution in [0.5, 0.6) is 0 Å². The average Bonchev–Trinajstić information content (AvgIpc) is 2.95. The lowest BCUT2D eigenvalue weighted by Crippen LogP contribution is -2.46. The maximum atomic E-state index is 6.00. The molecule has 2 fully saturated rings. The minimum atomic E-state index is 0.453. The molecule has 0 radical (unpaired) electrons. The highest BCUT2D eigenvalue weighted by Crippen LogP contribution is 2.33. The summed E-state index contributed by atoms with van der Waals surface area (Å²) in [6, 6.07) is 0.453. The second-order valence-electron chi connectivity index (χ2n) is 5.32. The largest absolute Gasteiger partial charge is 0.327 e. The number of likely N-dealkylation sites (tertiary alicyclic amines) is 1. The lowest BCUT2D eigenvalue weighted by atomic mass is 9.94. The van der Waals surface area contributed by atoms with Crippen LogP contribution < -0.4 is 5.73 Å². The molecular weight excluding hydrogens is 172 g/mol. The van der Waals surface area contributed by atoms with E-state index in [1.165, 1.54) is 51.7 Å². The molecule has 0 aromatic heterocycles. The Balaban J connectivity index is 1.60.